The van der Waals surface area contributed by atoms with Crippen molar-refractivity contribution in [2.75, 3.05) is 25.9 Å². The first-order valence-corrected chi connectivity index (χ1v) is 9.62. The Morgan fingerprint density at radius 3 is 2.58 bits per heavy atom. The first-order valence-electron chi connectivity index (χ1n) is 7.77. The van der Waals surface area contributed by atoms with Gasteiger partial charge in [0, 0.05) is 25.3 Å². The van der Waals surface area contributed by atoms with Crippen LogP contribution >= 0.6 is 0 Å². The number of carbonyl (C=O) groups excluding carboxylic acids is 1. The minimum Gasteiger partial charge on any atom is -0.478 e. The molecule has 0 bridgehead atoms. The van der Waals surface area contributed by atoms with Crippen LogP contribution in [-0.2, 0) is 10.0 Å². The molecule has 0 saturated carbocycles. The van der Waals surface area contributed by atoms with Gasteiger partial charge in [0.15, 0.2) is 0 Å². The number of amides is 1. The Morgan fingerprint density at radius 2 is 2.04 bits per heavy atom. The highest BCUT2D eigenvalue weighted by Crippen LogP contribution is 2.20. The van der Waals surface area contributed by atoms with E-state index in [1.54, 1.807) is 13.8 Å². The van der Waals surface area contributed by atoms with Crippen LogP contribution in [0.3, 0.4) is 0 Å². The molecule has 2 heterocycles. The molecule has 1 aliphatic rings. The Kier molecular flexibility index (Phi) is 5.34. The van der Waals surface area contributed by atoms with E-state index in [1.807, 2.05) is 0 Å². The van der Waals surface area contributed by atoms with Gasteiger partial charge in [0.25, 0.3) is 5.91 Å². The Hall–Kier alpha value is -1.87. The Morgan fingerprint density at radius 1 is 1.38 bits per heavy atom. The Labute approximate surface area is 141 Å². The van der Waals surface area contributed by atoms with Crippen LogP contribution in [0, 0.1) is 19.8 Å². The number of rotatable bonds is 5. The van der Waals surface area contributed by atoms with E-state index in [-0.39, 0.29) is 23.1 Å². The third kappa shape index (κ3) is 3.96. The molecule has 1 aliphatic heterocycles. The minimum atomic E-state index is -3.22. The zero-order chi connectivity index (χ0) is 18.1. The highest BCUT2D eigenvalue weighted by molar-refractivity contribution is 7.88. The van der Waals surface area contributed by atoms with Gasteiger partial charge < -0.3 is 15.4 Å². The maximum absolute atomic E-state index is 12.3. The molecular formula is C15H23N3O5S. The zero-order valence-electron chi connectivity index (χ0n) is 14.0. The molecule has 3 N–H and O–H groups in total. The molecular weight excluding hydrogens is 334 g/mol. The summed E-state index contributed by atoms with van der Waals surface area (Å²) in [7, 11) is -3.22. The monoisotopic (exact) mass is 357 g/mol. The van der Waals surface area contributed by atoms with Gasteiger partial charge in [0.2, 0.25) is 10.0 Å². The maximum atomic E-state index is 12.3. The molecule has 0 spiro atoms. The molecule has 1 aromatic rings. The van der Waals surface area contributed by atoms with Crippen molar-refractivity contribution in [3.63, 3.8) is 0 Å². The van der Waals surface area contributed by atoms with Crippen LogP contribution in [0.25, 0.3) is 0 Å². The van der Waals surface area contributed by atoms with Crippen LogP contribution < -0.4 is 5.32 Å². The standard InChI is InChI=1S/C15H23N3O5S/c1-9-12(15(20)21)10(2)17-13(9)14(19)16-7-11-5-4-6-18(8-11)24(3,22)23/h11,17H,4-8H2,1-3H3,(H,16,19)(H,20,21). The van der Waals surface area contributed by atoms with Crippen LogP contribution in [0.15, 0.2) is 0 Å². The largest absolute Gasteiger partial charge is 0.478 e. The number of carboxylic acid groups (broad SMARTS) is 1. The molecule has 9 heteroatoms. The van der Waals surface area contributed by atoms with Crippen molar-refractivity contribution < 1.29 is 23.1 Å². The molecule has 24 heavy (non-hydrogen) atoms. The average molecular weight is 357 g/mol. The van der Waals surface area contributed by atoms with Crippen LogP contribution in [0.1, 0.15) is 44.9 Å². The molecule has 1 aromatic heterocycles. The summed E-state index contributed by atoms with van der Waals surface area (Å²) in [5.74, 6) is -1.40. The topological polar surface area (TPSA) is 120 Å². The molecule has 1 saturated heterocycles. The van der Waals surface area contributed by atoms with Gasteiger partial charge in [0.05, 0.1) is 11.8 Å². The van der Waals surface area contributed by atoms with Gasteiger partial charge in [-0.1, -0.05) is 0 Å². The first-order chi connectivity index (χ1) is 11.1. The molecule has 1 unspecified atom stereocenters. The van der Waals surface area contributed by atoms with Gasteiger partial charge >= 0.3 is 5.97 Å². The van der Waals surface area contributed by atoms with Crippen molar-refractivity contribution in [3.05, 3.63) is 22.5 Å². The zero-order valence-corrected chi connectivity index (χ0v) is 14.9. The number of aromatic amines is 1. The fourth-order valence-corrected chi connectivity index (χ4v) is 4.06. The molecule has 0 aromatic carbocycles. The van der Waals surface area contributed by atoms with E-state index in [4.69, 9.17) is 5.11 Å². The van der Waals surface area contributed by atoms with Gasteiger partial charge in [-0.05, 0) is 38.2 Å². The minimum absolute atomic E-state index is 0.0488. The number of aryl methyl sites for hydroxylation is 1. The number of aromatic carboxylic acids is 1. The summed E-state index contributed by atoms with van der Waals surface area (Å²) < 4.78 is 24.7. The lowest BCUT2D eigenvalue weighted by molar-refractivity contribution is 0.0695. The lowest BCUT2D eigenvalue weighted by Crippen LogP contribution is -2.43. The molecule has 0 aliphatic carbocycles. The molecule has 1 amide bonds. The summed E-state index contributed by atoms with van der Waals surface area (Å²) in [5, 5.41) is 11.9. The van der Waals surface area contributed by atoms with Crippen LogP contribution in [0.2, 0.25) is 0 Å². The SMILES string of the molecule is Cc1[nH]c(C(=O)NCC2CCCN(S(C)(=O)=O)C2)c(C)c1C(=O)O. The highest BCUT2D eigenvalue weighted by atomic mass is 32.2. The first kappa shape index (κ1) is 18.5. The van der Waals surface area contributed by atoms with Crippen LogP contribution in [0.4, 0.5) is 0 Å². The number of H-pyrrole nitrogens is 1. The van der Waals surface area contributed by atoms with Gasteiger partial charge in [-0.15, -0.1) is 0 Å². The van der Waals surface area contributed by atoms with E-state index in [1.165, 1.54) is 10.6 Å². The smallest absolute Gasteiger partial charge is 0.337 e. The summed E-state index contributed by atoms with van der Waals surface area (Å²) in [4.78, 5) is 26.3. The third-order valence-corrected chi connectivity index (χ3v) is 5.65. The van der Waals surface area contributed by atoms with Crippen molar-refractivity contribution in [1.29, 1.82) is 0 Å². The second kappa shape index (κ2) is 6.94. The molecule has 8 nitrogen and oxygen atoms in total. The molecule has 1 atom stereocenters. The second-order valence-electron chi connectivity index (χ2n) is 6.27. The van der Waals surface area contributed by atoms with Crippen LogP contribution in [-0.4, -0.2) is 60.6 Å². The number of nitrogens with zero attached hydrogens (tertiary/aromatic N) is 1. The van der Waals surface area contributed by atoms with Gasteiger partial charge in [-0.3, -0.25) is 4.79 Å². The molecule has 0 radical (unpaired) electrons. The number of carboxylic acids is 1. The predicted octanol–water partition coefficient (Wildman–Crippen LogP) is 0.731. The van der Waals surface area contributed by atoms with E-state index in [0.717, 1.165) is 12.8 Å². The lowest BCUT2D eigenvalue weighted by Gasteiger charge is -2.30. The molecule has 2 rings (SSSR count). The van der Waals surface area contributed by atoms with E-state index < -0.39 is 16.0 Å². The fraction of sp³-hybridized carbons (Fsp3) is 0.600. The third-order valence-electron chi connectivity index (χ3n) is 4.38. The quantitative estimate of drug-likeness (QED) is 0.718. The van der Waals surface area contributed by atoms with E-state index >= 15 is 0 Å². The lowest BCUT2D eigenvalue weighted by atomic mass is 9.99. The van der Waals surface area contributed by atoms with Gasteiger partial charge in [-0.25, -0.2) is 17.5 Å². The summed E-state index contributed by atoms with van der Waals surface area (Å²) in [6, 6.07) is 0. The van der Waals surface area contributed by atoms with Crippen molar-refractivity contribution in [1.82, 2.24) is 14.6 Å². The normalized spacial score (nSPS) is 19.2. The Balaban J connectivity index is 2.01. The molecule has 134 valence electrons. The number of sulfonamides is 1. The van der Waals surface area contributed by atoms with Gasteiger partial charge in [-0.2, -0.15) is 0 Å². The second-order valence-corrected chi connectivity index (χ2v) is 8.25. The number of piperidine rings is 1. The summed E-state index contributed by atoms with van der Waals surface area (Å²) in [6.07, 6.45) is 2.79. The Bertz CT molecular complexity index is 753. The van der Waals surface area contributed by atoms with Crippen LogP contribution in [0.5, 0.6) is 0 Å². The number of aromatic nitrogens is 1. The maximum Gasteiger partial charge on any atom is 0.337 e. The fourth-order valence-electron chi connectivity index (χ4n) is 3.12. The van der Waals surface area contributed by atoms with E-state index in [9.17, 15) is 18.0 Å². The summed E-state index contributed by atoms with van der Waals surface area (Å²) in [6.45, 7) is 4.46. The molecule has 1 fully saturated rings. The number of hydrogen-bond donors (Lipinski definition) is 3. The van der Waals surface area contributed by atoms with E-state index in [2.05, 4.69) is 10.3 Å². The summed E-state index contributed by atoms with van der Waals surface area (Å²) in [5.41, 5.74) is 1.19. The van der Waals surface area contributed by atoms with Gasteiger partial charge in [0.1, 0.15) is 5.69 Å². The van der Waals surface area contributed by atoms with Crippen molar-refractivity contribution >= 4 is 21.9 Å². The van der Waals surface area contributed by atoms with Crippen molar-refractivity contribution in [2.45, 2.75) is 26.7 Å². The summed E-state index contributed by atoms with van der Waals surface area (Å²) >= 11 is 0. The predicted molar refractivity (Wildman–Crippen MR) is 88.7 cm³/mol. The van der Waals surface area contributed by atoms with Crippen molar-refractivity contribution in [3.8, 4) is 0 Å². The number of carbonyl (C=O) groups is 2. The van der Waals surface area contributed by atoms with Crippen molar-refractivity contribution in [2.24, 2.45) is 5.92 Å². The number of hydrogen-bond acceptors (Lipinski definition) is 4. The highest BCUT2D eigenvalue weighted by Gasteiger charge is 2.27. The van der Waals surface area contributed by atoms with E-state index in [0.29, 0.717) is 30.9 Å². The number of nitrogens with one attached hydrogen (secondary N) is 2. The average Bonchev–Trinajstić information content (AvgIpc) is 2.79.